The van der Waals surface area contributed by atoms with E-state index >= 15 is 0 Å². The number of phenols is 1. The highest BCUT2D eigenvalue weighted by Gasteiger charge is 2.14. The van der Waals surface area contributed by atoms with Gasteiger partial charge in [0.1, 0.15) is 5.75 Å². The molecule has 0 aliphatic carbocycles. The van der Waals surface area contributed by atoms with E-state index < -0.39 is 0 Å². The highest BCUT2D eigenvalue weighted by atomic mass is 35.5. The maximum absolute atomic E-state index is 11.9. The maximum Gasteiger partial charge on any atom is 0.224 e. The Morgan fingerprint density at radius 2 is 2.16 bits per heavy atom. The third-order valence-corrected chi connectivity index (χ3v) is 3.15. The molecule has 0 heterocycles. The first-order valence-corrected chi connectivity index (χ1v) is 6.78. The minimum absolute atomic E-state index is 0.000641. The molecule has 4 N–H and O–H groups in total. The Morgan fingerprint density at radius 1 is 1.47 bits per heavy atom. The molecular formula is C14H21ClN2O2. The molecule has 0 aliphatic rings. The summed E-state index contributed by atoms with van der Waals surface area (Å²) in [5, 5.41) is 12.3. The number of nitrogens with one attached hydrogen (secondary N) is 1. The van der Waals surface area contributed by atoms with E-state index in [-0.39, 0.29) is 22.6 Å². The summed E-state index contributed by atoms with van der Waals surface area (Å²) in [6.45, 7) is 4.72. The number of phenolic OH excluding ortho intramolecular Hbond substituents is 1. The van der Waals surface area contributed by atoms with Crippen molar-refractivity contribution in [1.29, 1.82) is 0 Å². The zero-order valence-electron chi connectivity index (χ0n) is 11.3. The van der Waals surface area contributed by atoms with Gasteiger partial charge in [-0.25, -0.2) is 0 Å². The normalized spacial score (nSPS) is 12.5. The fourth-order valence-electron chi connectivity index (χ4n) is 1.99. The number of halogens is 1. The van der Waals surface area contributed by atoms with Crippen LogP contribution in [0.25, 0.3) is 0 Å². The van der Waals surface area contributed by atoms with Gasteiger partial charge in [-0.2, -0.15) is 0 Å². The molecule has 0 unspecified atom stereocenters. The minimum atomic E-state index is -0.0853. The highest BCUT2D eigenvalue weighted by molar-refractivity contribution is 6.32. The van der Waals surface area contributed by atoms with E-state index in [1.165, 1.54) is 12.1 Å². The first-order valence-electron chi connectivity index (χ1n) is 6.40. The Morgan fingerprint density at radius 3 is 2.68 bits per heavy atom. The molecule has 0 spiro atoms. The van der Waals surface area contributed by atoms with Gasteiger partial charge in [0.2, 0.25) is 5.91 Å². The van der Waals surface area contributed by atoms with E-state index in [0.29, 0.717) is 24.6 Å². The molecule has 1 rings (SSSR count). The Hall–Kier alpha value is -1.26. The number of rotatable bonds is 6. The molecule has 0 bridgehead atoms. The van der Waals surface area contributed by atoms with Crippen LogP contribution in [0, 0.1) is 11.8 Å². The quantitative estimate of drug-likeness (QED) is 0.703. The van der Waals surface area contributed by atoms with E-state index in [2.05, 4.69) is 19.2 Å². The average Bonchev–Trinajstić information content (AvgIpc) is 2.32. The average molecular weight is 285 g/mol. The summed E-state index contributed by atoms with van der Waals surface area (Å²) in [6, 6.07) is 4.58. The molecule has 106 valence electrons. The van der Waals surface area contributed by atoms with Gasteiger partial charge in [-0.3, -0.25) is 4.79 Å². The van der Waals surface area contributed by atoms with Crippen LogP contribution in [0.1, 0.15) is 26.7 Å². The van der Waals surface area contributed by atoms with Crippen molar-refractivity contribution in [3.05, 3.63) is 23.2 Å². The van der Waals surface area contributed by atoms with Gasteiger partial charge in [0.15, 0.2) is 0 Å². The number of aromatic hydroxyl groups is 1. The second-order valence-corrected chi connectivity index (χ2v) is 5.56. The van der Waals surface area contributed by atoms with Crippen LogP contribution in [0.5, 0.6) is 5.75 Å². The molecule has 19 heavy (non-hydrogen) atoms. The number of amides is 1. The number of nitrogens with two attached hydrogens (primary N) is 1. The lowest BCUT2D eigenvalue weighted by Crippen LogP contribution is -2.23. The second kappa shape index (κ2) is 7.36. The van der Waals surface area contributed by atoms with E-state index in [0.717, 1.165) is 6.42 Å². The predicted octanol–water partition coefficient (Wildman–Crippen LogP) is 3.00. The lowest BCUT2D eigenvalue weighted by Gasteiger charge is -2.16. The van der Waals surface area contributed by atoms with Gasteiger partial charge >= 0.3 is 0 Å². The van der Waals surface area contributed by atoms with Gasteiger partial charge in [0.25, 0.3) is 0 Å². The third kappa shape index (κ3) is 5.49. The first kappa shape index (κ1) is 15.8. The zero-order valence-corrected chi connectivity index (χ0v) is 12.1. The summed E-state index contributed by atoms with van der Waals surface area (Å²) in [5.74, 6) is 0.620. The van der Waals surface area contributed by atoms with Crippen LogP contribution < -0.4 is 11.1 Å². The molecule has 0 radical (unpaired) electrons. The van der Waals surface area contributed by atoms with Crippen molar-refractivity contribution < 1.29 is 9.90 Å². The van der Waals surface area contributed by atoms with E-state index in [1.54, 1.807) is 6.07 Å². The van der Waals surface area contributed by atoms with Crippen LogP contribution in [0.3, 0.4) is 0 Å². The Kier molecular flexibility index (Phi) is 6.12. The number of carbonyl (C=O) groups is 1. The Bertz CT molecular complexity index is 435. The topological polar surface area (TPSA) is 75.4 Å². The first-order chi connectivity index (χ1) is 8.92. The predicted molar refractivity (Wildman–Crippen MR) is 78.4 cm³/mol. The standard InChI is InChI=1S/C14H21ClN2O2/c1-9(2)5-10(8-16)6-14(19)17-11-3-4-13(18)12(15)7-11/h3-4,7,9-10,18H,5-6,8,16H2,1-2H3,(H,17,19)/t10-/m0/s1. The fraction of sp³-hybridized carbons (Fsp3) is 0.500. The van der Waals surface area contributed by atoms with Gasteiger partial charge in [0, 0.05) is 12.1 Å². The van der Waals surface area contributed by atoms with E-state index in [1.807, 2.05) is 0 Å². The smallest absolute Gasteiger partial charge is 0.224 e. The summed E-state index contributed by atoms with van der Waals surface area (Å²) in [5.41, 5.74) is 6.25. The van der Waals surface area contributed by atoms with Crippen LogP contribution in [0.4, 0.5) is 5.69 Å². The van der Waals surface area contributed by atoms with Crippen molar-refractivity contribution in [1.82, 2.24) is 0 Å². The molecule has 0 aromatic heterocycles. The van der Waals surface area contributed by atoms with Gasteiger partial charge in [-0.1, -0.05) is 25.4 Å². The largest absolute Gasteiger partial charge is 0.506 e. The van der Waals surface area contributed by atoms with E-state index in [4.69, 9.17) is 17.3 Å². The fourth-order valence-corrected chi connectivity index (χ4v) is 2.17. The molecule has 4 nitrogen and oxygen atoms in total. The molecule has 1 aromatic rings. The van der Waals surface area contributed by atoms with Crippen LogP contribution >= 0.6 is 11.6 Å². The number of hydrogen-bond donors (Lipinski definition) is 3. The number of anilines is 1. The summed E-state index contributed by atoms with van der Waals surface area (Å²) < 4.78 is 0. The molecular weight excluding hydrogens is 264 g/mol. The molecule has 5 heteroatoms. The van der Waals surface area contributed by atoms with E-state index in [9.17, 15) is 9.90 Å². The summed E-state index contributed by atoms with van der Waals surface area (Å²) in [6.07, 6.45) is 1.33. The van der Waals surface area contributed by atoms with Crippen molar-refractivity contribution in [2.45, 2.75) is 26.7 Å². The SMILES string of the molecule is CC(C)C[C@H](CN)CC(=O)Nc1ccc(O)c(Cl)c1. The molecule has 0 saturated heterocycles. The molecule has 1 amide bonds. The number of carbonyl (C=O) groups excluding carboxylic acids is 1. The molecule has 1 atom stereocenters. The second-order valence-electron chi connectivity index (χ2n) is 5.15. The molecule has 0 saturated carbocycles. The molecule has 0 fully saturated rings. The lowest BCUT2D eigenvalue weighted by molar-refractivity contribution is -0.117. The summed E-state index contributed by atoms with van der Waals surface area (Å²) in [4.78, 5) is 11.9. The van der Waals surface area contributed by atoms with Crippen LogP contribution in [-0.4, -0.2) is 17.6 Å². The van der Waals surface area contributed by atoms with Gasteiger partial charge in [-0.15, -0.1) is 0 Å². The maximum atomic E-state index is 11.9. The number of hydrogen-bond acceptors (Lipinski definition) is 3. The van der Waals surface area contributed by atoms with Crippen molar-refractivity contribution in [3.8, 4) is 5.75 Å². The third-order valence-electron chi connectivity index (χ3n) is 2.84. The van der Waals surface area contributed by atoms with Crippen molar-refractivity contribution in [2.75, 3.05) is 11.9 Å². The number of benzene rings is 1. The van der Waals surface area contributed by atoms with Gasteiger partial charge in [-0.05, 0) is 43.0 Å². The minimum Gasteiger partial charge on any atom is -0.506 e. The molecule has 0 aliphatic heterocycles. The van der Waals surface area contributed by atoms with Crippen LogP contribution in [-0.2, 0) is 4.79 Å². The van der Waals surface area contributed by atoms with Crippen molar-refractivity contribution >= 4 is 23.2 Å². The van der Waals surface area contributed by atoms with Crippen LogP contribution in [0.2, 0.25) is 5.02 Å². The van der Waals surface area contributed by atoms with Crippen LogP contribution in [0.15, 0.2) is 18.2 Å². The highest BCUT2D eigenvalue weighted by Crippen LogP contribution is 2.26. The molecule has 1 aromatic carbocycles. The summed E-state index contributed by atoms with van der Waals surface area (Å²) in [7, 11) is 0. The monoisotopic (exact) mass is 284 g/mol. The van der Waals surface area contributed by atoms with Crippen molar-refractivity contribution in [3.63, 3.8) is 0 Å². The van der Waals surface area contributed by atoms with Gasteiger partial charge in [0.05, 0.1) is 5.02 Å². The lowest BCUT2D eigenvalue weighted by atomic mass is 9.94. The van der Waals surface area contributed by atoms with Crippen molar-refractivity contribution in [2.24, 2.45) is 17.6 Å². The summed E-state index contributed by atoms with van der Waals surface area (Å²) >= 11 is 5.78. The zero-order chi connectivity index (χ0) is 14.4. The van der Waals surface area contributed by atoms with Gasteiger partial charge < -0.3 is 16.2 Å². The Labute approximate surface area is 118 Å². The Balaban J connectivity index is 2.56.